The molecule has 0 aromatic carbocycles. The molecule has 8 heteroatoms. The van der Waals surface area contributed by atoms with Crippen molar-refractivity contribution in [1.82, 2.24) is 9.47 Å². The number of halogens is 3. The van der Waals surface area contributed by atoms with Gasteiger partial charge in [0.15, 0.2) is 6.10 Å². The monoisotopic (exact) mass is 318 g/mol. The van der Waals surface area contributed by atoms with Gasteiger partial charge in [0.2, 0.25) is 0 Å². The van der Waals surface area contributed by atoms with Gasteiger partial charge >= 0.3 is 6.18 Å². The number of nitrogens with zero attached hydrogens (tertiary/aromatic N) is 2. The maximum atomic E-state index is 12.7. The van der Waals surface area contributed by atoms with Crippen LogP contribution in [0.1, 0.15) is 21.6 Å². The summed E-state index contributed by atoms with van der Waals surface area (Å²) in [6, 6.07) is 1.66. The van der Waals surface area contributed by atoms with Crippen molar-refractivity contribution in [3.05, 3.63) is 33.2 Å². The Kier molecular flexibility index (Phi) is 4.32. The van der Waals surface area contributed by atoms with E-state index < -0.39 is 30.3 Å². The number of rotatable bonds is 1. The third kappa shape index (κ3) is 3.01. The molecule has 0 aliphatic carbocycles. The highest BCUT2D eigenvalue weighted by atomic mass is 19.4. The summed E-state index contributed by atoms with van der Waals surface area (Å²) in [4.78, 5) is 25.7. The van der Waals surface area contributed by atoms with Gasteiger partial charge < -0.3 is 14.2 Å². The van der Waals surface area contributed by atoms with Crippen LogP contribution in [0.4, 0.5) is 13.2 Å². The molecule has 1 saturated heterocycles. The number of carbonyl (C=O) groups is 1. The minimum atomic E-state index is -4.54. The Morgan fingerprint density at radius 2 is 2.00 bits per heavy atom. The minimum absolute atomic E-state index is 0.0296. The highest BCUT2D eigenvalue weighted by molar-refractivity contribution is 5.95. The Bertz CT molecular complexity index is 652. The zero-order valence-electron chi connectivity index (χ0n) is 12.5. The lowest BCUT2D eigenvalue weighted by Gasteiger charge is -2.34. The number of carbonyl (C=O) groups excluding carboxylic acids is 1. The number of amides is 1. The van der Waals surface area contributed by atoms with Gasteiger partial charge in [0.1, 0.15) is 5.56 Å². The van der Waals surface area contributed by atoms with Crippen molar-refractivity contribution in [2.75, 3.05) is 19.7 Å². The lowest BCUT2D eigenvalue weighted by atomic mass is 10.1. The standard InChI is InChI=1S/C14H17F3N2O3/c1-8-6-9(2)18(3)12(20)11(8)13(21)19-4-5-22-10(7-19)14(15,16)17/h6,10H,4-5,7H2,1-3H3/t10-/m1/s1. The summed E-state index contributed by atoms with van der Waals surface area (Å²) in [6.45, 7) is 2.54. The lowest BCUT2D eigenvalue weighted by Crippen LogP contribution is -2.52. The molecule has 1 atom stereocenters. The van der Waals surface area contributed by atoms with Crippen LogP contribution in [0.15, 0.2) is 10.9 Å². The van der Waals surface area contributed by atoms with E-state index in [-0.39, 0.29) is 18.7 Å². The first kappa shape index (κ1) is 16.5. The first-order chi connectivity index (χ1) is 10.1. The van der Waals surface area contributed by atoms with Gasteiger partial charge in [-0.25, -0.2) is 0 Å². The Hall–Kier alpha value is -1.83. The fraction of sp³-hybridized carbons (Fsp3) is 0.571. The minimum Gasteiger partial charge on any atom is -0.365 e. The molecular weight excluding hydrogens is 301 g/mol. The van der Waals surface area contributed by atoms with E-state index >= 15 is 0 Å². The molecule has 2 heterocycles. The first-order valence-corrected chi connectivity index (χ1v) is 6.77. The fourth-order valence-corrected chi connectivity index (χ4v) is 2.43. The summed E-state index contributed by atoms with van der Waals surface area (Å²) in [6.07, 6.45) is -6.55. The van der Waals surface area contributed by atoms with Crippen molar-refractivity contribution < 1.29 is 22.7 Å². The van der Waals surface area contributed by atoms with Gasteiger partial charge in [0.25, 0.3) is 11.5 Å². The summed E-state index contributed by atoms with van der Waals surface area (Å²) in [5.74, 6) is -0.685. The van der Waals surface area contributed by atoms with Gasteiger partial charge in [0, 0.05) is 19.3 Å². The highest BCUT2D eigenvalue weighted by Crippen LogP contribution is 2.26. The largest absolute Gasteiger partial charge is 0.416 e. The van der Waals surface area contributed by atoms with E-state index in [1.165, 1.54) is 11.6 Å². The molecule has 1 aliphatic rings. The van der Waals surface area contributed by atoms with Crippen molar-refractivity contribution >= 4 is 5.91 Å². The molecular formula is C14H17F3N2O3. The van der Waals surface area contributed by atoms with E-state index in [2.05, 4.69) is 4.74 Å². The van der Waals surface area contributed by atoms with Crippen LogP contribution in [0.25, 0.3) is 0 Å². The molecule has 122 valence electrons. The van der Waals surface area contributed by atoms with Gasteiger partial charge in [-0.15, -0.1) is 0 Å². The summed E-state index contributed by atoms with van der Waals surface area (Å²) >= 11 is 0. The quantitative estimate of drug-likeness (QED) is 0.787. The van der Waals surface area contributed by atoms with Crippen molar-refractivity contribution in [2.45, 2.75) is 26.1 Å². The van der Waals surface area contributed by atoms with Gasteiger partial charge in [-0.2, -0.15) is 13.2 Å². The Labute approximate surface area is 125 Å². The van der Waals surface area contributed by atoms with Crippen LogP contribution in [0, 0.1) is 13.8 Å². The molecule has 0 N–H and O–H groups in total. The van der Waals surface area contributed by atoms with E-state index in [1.807, 2.05) is 0 Å². The number of hydrogen-bond acceptors (Lipinski definition) is 3. The molecule has 0 spiro atoms. The maximum Gasteiger partial charge on any atom is 0.416 e. The number of aryl methyl sites for hydroxylation is 2. The topological polar surface area (TPSA) is 51.5 Å². The van der Waals surface area contributed by atoms with Gasteiger partial charge in [0.05, 0.1) is 13.2 Å². The highest BCUT2D eigenvalue weighted by Gasteiger charge is 2.44. The molecule has 1 aromatic heterocycles. The molecule has 1 aliphatic heterocycles. The lowest BCUT2D eigenvalue weighted by molar-refractivity contribution is -0.233. The molecule has 1 aromatic rings. The molecule has 2 rings (SSSR count). The van der Waals surface area contributed by atoms with Crippen molar-refractivity contribution in [3.63, 3.8) is 0 Å². The zero-order valence-corrected chi connectivity index (χ0v) is 12.5. The number of pyridine rings is 1. The van der Waals surface area contributed by atoms with E-state index in [0.29, 0.717) is 11.3 Å². The van der Waals surface area contributed by atoms with Crippen LogP contribution < -0.4 is 5.56 Å². The second kappa shape index (κ2) is 5.75. The normalized spacial score (nSPS) is 19.4. The van der Waals surface area contributed by atoms with Crippen LogP contribution in [0.5, 0.6) is 0 Å². The smallest absolute Gasteiger partial charge is 0.365 e. The van der Waals surface area contributed by atoms with E-state index in [9.17, 15) is 22.8 Å². The Morgan fingerprint density at radius 1 is 1.36 bits per heavy atom. The molecule has 0 bridgehead atoms. The average Bonchev–Trinajstić information content (AvgIpc) is 2.44. The average molecular weight is 318 g/mol. The molecule has 22 heavy (non-hydrogen) atoms. The molecule has 0 saturated carbocycles. The first-order valence-electron chi connectivity index (χ1n) is 6.77. The second-order valence-electron chi connectivity index (χ2n) is 5.36. The van der Waals surface area contributed by atoms with Crippen molar-refractivity contribution in [1.29, 1.82) is 0 Å². The van der Waals surface area contributed by atoms with Crippen LogP contribution in [-0.4, -0.2) is 47.4 Å². The molecule has 1 amide bonds. The van der Waals surface area contributed by atoms with Crippen LogP contribution >= 0.6 is 0 Å². The molecule has 0 unspecified atom stereocenters. The van der Waals surface area contributed by atoms with Gasteiger partial charge in [-0.1, -0.05) is 0 Å². The number of ether oxygens (including phenoxy) is 1. The molecule has 5 nitrogen and oxygen atoms in total. The number of hydrogen-bond donors (Lipinski definition) is 0. The SMILES string of the molecule is Cc1cc(C)n(C)c(=O)c1C(=O)N1CCO[C@@H](C(F)(F)F)C1. The maximum absolute atomic E-state index is 12.7. The molecule has 0 radical (unpaired) electrons. The number of aromatic nitrogens is 1. The zero-order chi connectivity index (χ0) is 16.7. The predicted octanol–water partition coefficient (Wildman–Crippen LogP) is 1.41. The van der Waals surface area contributed by atoms with E-state index in [0.717, 1.165) is 4.90 Å². The molecule has 1 fully saturated rings. The fourth-order valence-electron chi connectivity index (χ4n) is 2.43. The Morgan fingerprint density at radius 3 is 2.59 bits per heavy atom. The summed E-state index contributed by atoms with van der Waals surface area (Å²) in [7, 11) is 1.52. The Balaban J connectivity index is 2.33. The van der Waals surface area contributed by atoms with E-state index in [4.69, 9.17) is 0 Å². The van der Waals surface area contributed by atoms with E-state index in [1.54, 1.807) is 19.9 Å². The van der Waals surface area contributed by atoms with Crippen molar-refractivity contribution in [3.8, 4) is 0 Å². The predicted molar refractivity (Wildman–Crippen MR) is 72.9 cm³/mol. The summed E-state index contributed by atoms with van der Waals surface area (Å²) in [5, 5.41) is 0. The van der Waals surface area contributed by atoms with Crippen molar-refractivity contribution in [2.24, 2.45) is 7.05 Å². The third-order valence-corrected chi connectivity index (χ3v) is 3.80. The van der Waals surface area contributed by atoms with Crippen LogP contribution in [-0.2, 0) is 11.8 Å². The van der Waals surface area contributed by atoms with Gasteiger partial charge in [-0.05, 0) is 25.5 Å². The van der Waals surface area contributed by atoms with Crippen LogP contribution in [0.3, 0.4) is 0 Å². The second-order valence-corrected chi connectivity index (χ2v) is 5.36. The van der Waals surface area contributed by atoms with Crippen LogP contribution in [0.2, 0.25) is 0 Å². The summed E-state index contributed by atoms with van der Waals surface area (Å²) in [5.41, 5.74) is 0.545. The summed E-state index contributed by atoms with van der Waals surface area (Å²) < 4.78 is 44.1. The van der Waals surface area contributed by atoms with Gasteiger partial charge in [-0.3, -0.25) is 9.59 Å². The number of morpholine rings is 1. The number of alkyl halides is 3. The third-order valence-electron chi connectivity index (χ3n) is 3.80.